The van der Waals surface area contributed by atoms with E-state index in [4.69, 9.17) is 4.74 Å². The number of hydrogen-bond donors (Lipinski definition) is 2. The summed E-state index contributed by atoms with van der Waals surface area (Å²) < 4.78 is 5.17. The lowest BCUT2D eigenvalue weighted by Gasteiger charge is -2.28. The Labute approximate surface area is 111 Å². The van der Waals surface area contributed by atoms with Crippen molar-refractivity contribution in [3.05, 3.63) is 41.1 Å². The fraction of sp³-hybridized carbons (Fsp3) is 0.286. The smallest absolute Gasteiger partial charge is 0.319 e. The van der Waals surface area contributed by atoms with Crippen molar-refractivity contribution in [1.82, 2.24) is 10.6 Å². The number of carbonyl (C=O) groups is 2. The molecule has 100 valence electrons. The van der Waals surface area contributed by atoms with Gasteiger partial charge in [0.1, 0.15) is 5.75 Å². The van der Waals surface area contributed by atoms with E-state index in [9.17, 15) is 9.59 Å². The molecule has 0 fully saturated rings. The molecule has 0 aliphatic carbocycles. The van der Waals surface area contributed by atoms with Crippen LogP contribution in [0.1, 0.15) is 25.5 Å². The SMILES string of the molecule is COc1cccc(C2NC(=O)NC(C)=C2C(C)=O)c1. The predicted molar refractivity (Wildman–Crippen MR) is 70.8 cm³/mol. The Balaban J connectivity index is 2.48. The number of nitrogens with one attached hydrogen (secondary N) is 2. The molecule has 2 amide bonds. The summed E-state index contributed by atoms with van der Waals surface area (Å²) in [5.74, 6) is 0.614. The minimum atomic E-state index is -0.443. The van der Waals surface area contributed by atoms with E-state index < -0.39 is 6.04 Å². The van der Waals surface area contributed by atoms with Crippen LogP contribution in [0.3, 0.4) is 0 Å². The maximum absolute atomic E-state index is 11.8. The fourth-order valence-corrected chi connectivity index (χ4v) is 2.23. The van der Waals surface area contributed by atoms with Gasteiger partial charge in [0, 0.05) is 11.3 Å². The number of ketones is 1. The average Bonchev–Trinajstić information content (AvgIpc) is 2.37. The zero-order valence-corrected chi connectivity index (χ0v) is 11.1. The van der Waals surface area contributed by atoms with Crippen LogP contribution in [0.15, 0.2) is 35.5 Å². The van der Waals surface area contributed by atoms with Gasteiger partial charge in [-0.3, -0.25) is 4.79 Å². The highest BCUT2D eigenvalue weighted by Crippen LogP contribution is 2.29. The van der Waals surface area contributed by atoms with E-state index in [1.165, 1.54) is 6.92 Å². The summed E-state index contributed by atoms with van der Waals surface area (Å²) in [7, 11) is 1.58. The van der Waals surface area contributed by atoms with Gasteiger partial charge in [0.15, 0.2) is 5.78 Å². The lowest BCUT2D eigenvalue weighted by atomic mass is 9.93. The van der Waals surface area contributed by atoms with Crippen molar-refractivity contribution in [1.29, 1.82) is 0 Å². The molecule has 0 bridgehead atoms. The molecule has 0 radical (unpaired) electrons. The van der Waals surface area contributed by atoms with Crippen molar-refractivity contribution >= 4 is 11.8 Å². The molecular weight excluding hydrogens is 244 g/mol. The molecule has 1 atom stereocenters. The molecule has 2 rings (SSSR count). The van der Waals surface area contributed by atoms with Crippen LogP contribution < -0.4 is 15.4 Å². The highest BCUT2D eigenvalue weighted by molar-refractivity contribution is 5.98. The van der Waals surface area contributed by atoms with Crippen molar-refractivity contribution in [3.63, 3.8) is 0 Å². The third-order valence-electron chi connectivity index (χ3n) is 3.08. The van der Waals surface area contributed by atoms with Crippen molar-refractivity contribution in [3.8, 4) is 5.75 Å². The number of urea groups is 1. The van der Waals surface area contributed by atoms with Gasteiger partial charge in [-0.2, -0.15) is 0 Å². The first-order chi connectivity index (χ1) is 9.02. The highest BCUT2D eigenvalue weighted by atomic mass is 16.5. The number of carbonyl (C=O) groups excluding carboxylic acids is 2. The molecule has 1 unspecified atom stereocenters. The number of methoxy groups -OCH3 is 1. The molecule has 0 saturated heterocycles. The van der Waals surface area contributed by atoms with Crippen LogP contribution in [0, 0.1) is 0 Å². The van der Waals surface area contributed by atoms with Crippen LogP contribution >= 0.6 is 0 Å². The molecule has 19 heavy (non-hydrogen) atoms. The zero-order chi connectivity index (χ0) is 14.0. The van der Waals surface area contributed by atoms with E-state index >= 15 is 0 Å². The number of allylic oxidation sites excluding steroid dienone is 1. The second kappa shape index (κ2) is 5.14. The quantitative estimate of drug-likeness (QED) is 0.872. The Hall–Kier alpha value is -2.30. The molecular formula is C14H16N2O3. The first kappa shape index (κ1) is 13.1. The molecule has 1 aromatic rings. The lowest BCUT2D eigenvalue weighted by molar-refractivity contribution is -0.114. The van der Waals surface area contributed by atoms with Gasteiger partial charge >= 0.3 is 6.03 Å². The van der Waals surface area contributed by atoms with Crippen molar-refractivity contribution in [2.24, 2.45) is 0 Å². The van der Waals surface area contributed by atoms with E-state index in [1.54, 1.807) is 14.0 Å². The standard InChI is InChI=1S/C14H16N2O3/c1-8-12(9(2)17)13(16-14(18)15-8)10-5-4-6-11(7-10)19-3/h4-7,13H,1-3H3,(H2,15,16,18). The largest absolute Gasteiger partial charge is 0.497 e. The Bertz CT molecular complexity index is 564. The van der Waals surface area contributed by atoms with Crippen LogP contribution in [0.5, 0.6) is 5.75 Å². The summed E-state index contributed by atoms with van der Waals surface area (Å²) in [5.41, 5.74) is 1.97. The van der Waals surface area contributed by atoms with E-state index in [1.807, 2.05) is 24.3 Å². The second-order valence-corrected chi connectivity index (χ2v) is 4.40. The summed E-state index contributed by atoms with van der Waals surface area (Å²) in [4.78, 5) is 23.4. The highest BCUT2D eigenvalue weighted by Gasteiger charge is 2.29. The molecule has 5 heteroatoms. The summed E-state index contributed by atoms with van der Waals surface area (Å²) in [6.07, 6.45) is 0. The Morgan fingerprint density at radius 1 is 1.37 bits per heavy atom. The number of Topliss-reactive ketones (excluding diaryl/α,β-unsaturated/α-hetero) is 1. The van der Waals surface area contributed by atoms with E-state index in [-0.39, 0.29) is 11.8 Å². The number of amides is 2. The Morgan fingerprint density at radius 2 is 2.11 bits per heavy atom. The van der Waals surface area contributed by atoms with Gasteiger partial charge < -0.3 is 15.4 Å². The summed E-state index contributed by atoms with van der Waals surface area (Å²) in [6.45, 7) is 3.22. The Morgan fingerprint density at radius 3 is 2.74 bits per heavy atom. The molecule has 0 saturated carbocycles. The normalized spacial score (nSPS) is 18.7. The van der Waals surface area contributed by atoms with Crippen LogP contribution in [0.4, 0.5) is 4.79 Å². The first-order valence-electron chi connectivity index (χ1n) is 5.96. The predicted octanol–water partition coefficient (Wildman–Crippen LogP) is 1.91. The van der Waals surface area contributed by atoms with Gasteiger partial charge in [-0.25, -0.2) is 4.79 Å². The monoisotopic (exact) mass is 260 g/mol. The minimum Gasteiger partial charge on any atom is -0.497 e. The topological polar surface area (TPSA) is 67.4 Å². The molecule has 1 aromatic carbocycles. The molecule has 0 spiro atoms. The van der Waals surface area contributed by atoms with Gasteiger partial charge in [-0.1, -0.05) is 12.1 Å². The van der Waals surface area contributed by atoms with Gasteiger partial charge in [0.05, 0.1) is 13.2 Å². The molecule has 2 N–H and O–H groups in total. The van der Waals surface area contributed by atoms with Crippen molar-refractivity contribution in [2.75, 3.05) is 7.11 Å². The number of benzene rings is 1. The first-order valence-corrected chi connectivity index (χ1v) is 5.96. The zero-order valence-electron chi connectivity index (χ0n) is 11.1. The molecule has 0 aromatic heterocycles. The molecule has 5 nitrogen and oxygen atoms in total. The summed E-state index contributed by atoms with van der Waals surface area (Å²) in [5, 5.41) is 5.38. The van der Waals surface area contributed by atoms with Crippen LogP contribution in [0.2, 0.25) is 0 Å². The van der Waals surface area contributed by atoms with Crippen molar-refractivity contribution in [2.45, 2.75) is 19.9 Å². The third-order valence-corrected chi connectivity index (χ3v) is 3.08. The van der Waals surface area contributed by atoms with Gasteiger partial charge in [-0.05, 0) is 31.5 Å². The maximum atomic E-state index is 11.8. The number of rotatable bonds is 3. The van der Waals surface area contributed by atoms with Crippen LogP contribution in [-0.2, 0) is 4.79 Å². The van der Waals surface area contributed by atoms with Gasteiger partial charge in [0.25, 0.3) is 0 Å². The average molecular weight is 260 g/mol. The Kier molecular flexibility index (Phi) is 3.55. The third kappa shape index (κ3) is 2.59. The minimum absolute atomic E-state index is 0.0715. The van der Waals surface area contributed by atoms with E-state index in [2.05, 4.69) is 10.6 Å². The summed E-state index contributed by atoms with van der Waals surface area (Å²) in [6, 6.07) is 6.56. The number of ether oxygens (including phenoxy) is 1. The van der Waals surface area contributed by atoms with Gasteiger partial charge in [-0.15, -0.1) is 0 Å². The van der Waals surface area contributed by atoms with E-state index in [0.717, 1.165) is 5.56 Å². The maximum Gasteiger partial charge on any atom is 0.319 e. The van der Waals surface area contributed by atoms with Crippen LogP contribution in [0.25, 0.3) is 0 Å². The van der Waals surface area contributed by atoms with E-state index in [0.29, 0.717) is 17.0 Å². The van der Waals surface area contributed by atoms with Crippen molar-refractivity contribution < 1.29 is 14.3 Å². The lowest BCUT2D eigenvalue weighted by Crippen LogP contribution is -2.44. The molecule has 1 aliphatic rings. The molecule has 1 aliphatic heterocycles. The van der Waals surface area contributed by atoms with Crippen LogP contribution in [-0.4, -0.2) is 18.9 Å². The fourth-order valence-electron chi connectivity index (χ4n) is 2.23. The molecule has 1 heterocycles. The second-order valence-electron chi connectivity index (χ2n) is 4.40. The number of hydrogen-bond acceptors (Lipinski definition) is 3. The summed E-state index contributed by atoms with van der Waals surface area (Å²) >= 11 is 0. The van der Waals surface area contributed by atoms with Gasteiger partial charge in [0.2, 0.25) is 0 Å².